The number of benzene rings is 9. The summed E-state index contributed by atoms with van der Waals surface area (Å²) in [6.45, 7) is 0. The first-order valence-electron chi connectivity index (χ1n) is 20.4. The van der Waals surface area contributed by atoms with E-state index in [1.807, 2.05) is 48.5 Å². The summed E-state index contributed by atoms with van der Waals surface area (Å²) < 4.78 is 36.4. The fraction of sp³-hybridized carbons (Fsp3) is 0.0182. The molecule has 13 rings (SSSR count). The summed E-state index contributed by atoms with van der Waals surface area (Å²) in [6.07, 6.45) is 0. The molecule has 0 saturated carbocycles. The van der Waals surface area contributed by atoms with Crippen LogP contribution in [0.2, 0.25) is 0 Å². The first-order chi connectivity index (χ1) is 29.5. The number of fused-ring (bicyclic) bond motifs is 15. The normalized spacial score (nSPS) is 16.0. The molecule has 0 aliphatic carbocycles. The predicted molar refractivity (Wildman–Crippen MR) is 243 cm³/mol. The van der Waals surface area contributed by atoms with Crippen molar-refractivity contribution >= 4 is 53.4 Å². The van der Waals surface area contributed by atoms with Crippen LogP contribution in [0.25, 0.3) is 77.2 Å². The van der Waals surface area contributed by atoms with Crippen molar-refractivity contribution < 1.29 is 8.42 Å². The molecule has 0 N–H and O–H groups in total. The quantitative estimate of drug-likeness (QED) is 0.179. The van der Waals surface area contributed by atoms with Gasteiger partial charge in [-0.3, -0.25) is 0 Å². The SMILES string of the molecule is O=S1(=O)c2ccccc2C2(c3ccccc3-n3c4ccccc4c4cccc2c43)c2ccc3c4ccccc4n(-c4cc(-c5ccccc5)cc(-c5ccccc5)c4)c3c21. The number of rotatable bonds is 3. The molecule has 4 heterocycles. The van der Waals surface area contributed by atoms with E-state index in [1.54, 1.807) is 0 Å². The molecule has 5 heteroatoms. The average molecular weight is 787 g/mol. The van der Waals surface area contributed by atoms with Crippen LogP contribution in [0.3, 0.4) is 0 Å². The zero-order chi connectivity index (χ0) is 39.7. The van der Waals surface area contributed by atoms with Crippen LogP contribution < -0.4 is 0 Å². The van der Waals surface area contributed by atoms with Crippen molar-refractivity contribution in [2.24, 2.45) is 0 Å². The molecule has 1 unspecified atom stereocenters. The van der Waals surface area contributed by atoms with E-state index in [9.17, 15) is 0 Å². The lowest BCUT2D eigenvalue weighted by atomic mass is 9.62. The zero-order valence-electron chi connectivity index (χ0n) is 32.2. The minimum Gasteiger partial charge on any atom is -0.309 e. The maximum atomic E-state index is 15.9. The molecule has 2 aromatic heterocycles. The first kappa shape index (κ1) is 33.5. The van der Waals surface area contributed by atoms with Crippen molar-refractivity contribution in [2.45, 2.75) is 15.2 Å². The van der Waals surface area contributed by atoms with Gasteiger partial charge in [0.2, 0.25) is 9.84 Å². The molecule has 4 nitrogen and oxygen atoms in total. The van der Waals surface area contributed by atoms with Crippen LogP contribution in [0.15, 0.2) is 216 Å². The number of para-hydroxylation sites is 4. The third kappa shape index (κ3) is 4.21. The Balaban J connectivity index is 1.24. The largest absolute Gasteiger partial charge is 0.309 e. The van der Waals surface area contributed by atoms with Crippen LogP contribution in [0.4, 0.5) is 0 Å². The summed E-state index contributed by atoms with van der Waals surface area (Å²) in [5.41, 5.74) is 12.7. The highest BCUT2D eigenvalue weighted by atomic mass is 32.2. The van der Waals surface area contributed by atoms with Crippen LogP contribution in [0, 0.1) is 0 Å². The van der Waals surface area contributed by atoms with Crippen molar-refractivity contribution in [1.82, 2.24) is 9.13 Å². The zero-order valence-corrected chi connectivity index (χ0v) is 33.1. The first-order valence-corrected chi connectivity index (χ1v) is 21.8. The molecule has 2 aliphatic rings. The van der Waals surface area contributed by atoms with E-state index < -0.39 is 15.3 Å². The lowest BCUT2D eigenvalue weighted by Crippen LogP contribution is -2.40. The van der Waals surface area contributed by atoms with Crippen LogP contribution in [0.1, 0.15) is 22.3 Å². The van der Waals surface area contributed by atoms with Crippen molar-refractivity contribution in [2.75, 3.05) is 0 Å². The molecule has 0 radical (unpaired) electrons. The van der Waals surface area contributed by atoms with Crippen molar-refractivity contribution in [3.05, 3.63) is 229 Å². The van der Waals surface area contributed by atoms with Crippen LogP contribution >= 0.6 is 0 Å². The number of hydrogen-bond donors (Lipinski definition) is 0. The molecular weight excluding hydrogens is 753 g/mol. The summed E-state index contributed by atoms with van der Waals surface area (Å²) in [5.74, 6) is 0. The van der Waals surface area contributed by atoms with Gasteiger partial charge in [-0.15, -0.1) is 0 Å². The molecule has 282 valence electrons. The van der Waals surface area contributed by atoms with E-state index in [-0.39, 0.29) is 0 Å². The Morgan fingerprint density at radius 1 is 0.367 bits per heavy atom. The molecular formula is C55H34N2O2S. The molecule has 1 spiro atoms. The van der Waals surface area contributed by atoms with Gasteiger partial charge in [0.1, 0.15) is 4.90 Å². The van der Waals surface area contributed by atoms with Crippen molar-refractivity contribution in [3.8, 4) is 33.6 Å². The van der Waals surface area contributed by atoms with Crippen LogP contribution in [0.5, 0.6) is 0 Å². The van der Waals surface area contributed by atoms with Gasteiger partial charge in [-0.1, -0.05) is 164 Å². The Labute approximate surface area is 346 Å². The molecule has 11 aromatic rings. The van der Waals surface area contributed by atoms with Gasteiger partial charge in [-0.2, -0.15) is 0 Å². The molecule has 0 bridgehead atoms. The summed E-state index contributed by atoms with van der Waals surface area (Å²) in [4.78, 5) is 0.679. The monoisotopic (exact) mass is 786 g/mol. The highest BCUT2D eigenvalue weighted by Gasteiger charge is 2.53. The molecule has 0 amide bonds. The van der Waals surface area contributed by atoms with Gasteiger partial charge in [0, 0.05) is 27.2 Å². The van der Waals surface area contributed by atoms with Crippen LogP contribution in [-0.2, 0) is 15.3 Å². The number of nitrogens with zero attached hydrogens (tertiary/aromatic N) is 2. The Hall–Kier alpha value is -7.47. The van der Waals surface area contributed by atoms with E-state index >= 15 is 8.42 Å². The second kappa shape index (κ2) is 12.0. The van der Waals surface area contributed by atoms with Crippen molar-refractivity contribution in [1.29, 1.82) is 0 Å². The fourth-order valence-electron chi connectivity index (χ4n) is 10.7. The van der Waals surface area contributed by atoms with Gasteiger partial charge in [-0.25, -0.2) is 8.42 Å². The van der Waals surface area contributed by atoms with Gasteiger partial charge in [0.05, 0.1) is 38.1 Å². The highest BCUT2D eigenvalue weighted by Crippen LogP contribution is 2.60. The predicted octanol–water partition coefficient (Wildman–Crippen LogP) is 13.1. The number of aromatic nitrogens is 2. The molecule has 0 fully saturated rings. The fourth-order valence-corrected chi connectivity index (χ4v) is 12.7. The lowest BCUT2D eigenvalue weighted by Gasteiger charge is -2.45. The summed E-state index contributed by atoms with van der Waals surface area (Å²) >= 11 is 0. The maximum Gasteiger partial charge on any atom is 0.209 e. The Morgan fingerprint density at radius 2 is 0.900 bits per heavy atom. The molecule has 2 aliphatic heterocycles. The smallest absolute Gasteiger partial charge is 0.209 e. The summed E-state index contributed by atoms with van der Waals surface area (Å²) in [6, 6.07) is 71.6. The summed E-state index contributed by atoms with van der Waals surface area (Å²) in [7, 11) is -4.11. The molecule has 0 saturated heterocycles. The van der Waals surface area contributed by atoms with Crippen LogP contribution in [-0.4, -0.2) is 17.6 Å². The minimum absolute atomic E-state index is 0.334. The second-order valence-electron chi connectivity index (χ2n) is 16.0. The number of sulfone groups is 1. The van der Waals surface area contributed by atoms with Gasteiger partial charge in [-0.05, 0) is 87.0 Å². The lowest BCUT2D eigenvalue weighted by molar-refractivity contribution is 0.579. The minimum atomic E-state index is -4.11. The Bertz CT molecular complexity index is 3670. The Kier molecular flexibility index (Phi) is 6.72. The molecule has 9 aromatic carbocycles. The van der Waals surface area contributed by atoms with Gasteiger partial charge in [0.25, 0.3) is 0 Å². The van der Waals surface area contributed by atoms with E-state index in [2.05, 4.69) is 167 Å². The van der Waals surface area contributed by atoms with E-state index in [4.69, 9.17) is 0 Å². The van der Waals surface area contributed by atoms with Gasteiger partial charge in [0.15, 0.2) is 0 Å². The van der Waals surface area contributed by atoms with Gasteiger partial charge < -0.3 is 9.13 Å². The topological polar surface area (TPSA) is 44.0 Å². The highest BCUT2D eigenvalue weighted by molar-refractivity contribution is 7.92. The third-order valence-corrected chi connectivity index (χ3v) is 15.0. The Morgan fingerprint density at radius 3 is 1.60 bits per heavy atom. The standard InChI is InChI=1S/C55H34N2O2S/c58-60(59)51-29-14-10-24-45(51)55(44-23-9-13-28-50(44)57-49-27-12-8-20-40(49)42-22-15-25-46(55)52(42)57)47-31-30-43-41-21-7-11-26-48(41)56(53(43)54(47)60)39-33-37(35-16-3-1-4-17-35)32-38(34-39)36-18-5-2-6-19-36/h1-34H. The average Bonchev–Trinajstić information content (AvgIpc) is 3.83. The molecule has 60 heavy (non-hydrogen) atoms. The van der Waals surface area contributed by atoms with E-state index in [0.29, 0.717) is 15.3 Å². The number of hydrogen-bond acceptors (Lipinski definition) is 2. The molecule has 1 atom stereocenters. The van der Waals surface area contributed by atoms with Gasteiger partial charge >= 0.3 is 0 Å². The van der Waals surface area contributed by atoms with Crippen molar-refractivity contribution in [3.63, 3.8) is 0 Å². The van der Waals surface area contributed by atoms with E-state index in [1.165, 1.54) is 5.39 Å². The second-order valence-corrected chi connectivity index (χ2v) is 17.9. The maximum absolute atomic E-state index is 15.9. The van der Waals surface area contributed by atoms with E-state index in [0.717, 1.165) is 88.6 Å². The summed E-state index contributed by atoms with van der Waals surface area (Å²) in [5, 5.41) is 4.20. The third-order valence-electron chi connectivity index (χ3n) is 13.1.